The van der Waals surface area contributed by atoms with Crippen LogP contribution in [0.25, 0.3) is 0 Å². The summed E-state index contributed by atoms with van der Waals surface area (Å²) in [6.07, 6.45) is 20.1. The second-order valence-corrected chi connectivity index (χ2v) is 14.4. The predicted octanol–water partition coefficient (Wildman–Crippen LogP) is 6.23. The van der Waals surface area contributed by atoms with E-state index in [0.29, 0.717) is 32.2 Å². The average molecular weight is 722 g/mol. The molecule has 10 nitrogen and oxygen atoms in total. The Kier molecular flexibility index (Phi) is 19.2. The fraction of sp³-hybridized carbons (Fsp3) is 0.643. The number of aliphatic hydroxyl groups excluding tert-OH is 1. The molecular weight excluding hydrogens is 654 g/mol. The molecule has 2 amide bonds. The van der Waals surface area contributed by atoms with Gasteiger partial charge in [-0.25, -0.2) is 4.99 Å². The first-order chi connectivity index (χ1) is 25.1. The van der Waals surface area contributed by atoms with Crippen molar-refractivity contribution in [2.24, 2.45) is 16.8 Å². The van der Waals surface area contributed by atoms with E-state index in [1.807, 2.05) is 30.2 Å². The Morgan fingerprint density at radius 2 is 1.90 bits per heavy atom. The highest BCUT2D eigenvalue weighted by Crippen LogP contribution is 2.30. The predicted molar refractivity (Wildman–Crippen MR) is 212 cm³/mol. The van der Waals surface area contributed by atoms with E-state index in [2.05, 4.69) is 73.5 Å². The summed E-state index contributed by atoms with van der Waals surface area (Å²) in [5, 5.41) is 17.0. The minimum absolute atomic E-state index is 0.103. The number of unbranched alkanes of at least 4 members (excludes halogenated alkanes) is 2. The van der Waals surface area contributed by atoms with Crippen LogP contribution in [-0.4, -0.2) is 103 Å². The molecule has 0 aromatic carbocycles. The number of rotatable bonds is 23. The van der Waals surface area contributed by atoms with E-state index in [1.54, 1.807) is 6.26 Å². The summed E-state index contributed by atoms with van der Waals surface area (Å²) < 4.78 is 11.7. The van der Waals surface area contributed by atoms with Crippen molar-refractivity contribution in [1.82, 2.24) is 20.4 Å². The fourth-order valence-corrected chi connectivity index (χ4v) is 6.46. The van der Waals surface area contributed by atoms with Gasteiger partial charge in [0, 0.05) is 57.5 Å². The van der Waals surface area contributed by atoms with Crippen molar-refractivity contribution < 1.29 is 24.2 Å². The first kappa shape index (κ1) is 42.9. The van der Waals surface area contributed by atoms with Gasteiger partial charge in [-0.15, -0.1) is 0 Å². The van der Waals surface area contributed by atoms with Crippen LogP contribution in [0.2, 0.25) is 0 Å². The maximum atomic E-state index is 12.9. The van der Waals surface area contributed by atoms with Crippen LogP contribution in [0, 0.1) is 11.8 Å². The van der Waals surface area contributed by atoms with E-state index in [9.17, 15) is 14.7 Å². The molecule has 2 aliphatic heterocycles. The molecule has 3 fully saturated rings. The number of carbonyl (C=O) groups is 2. The number of amides is 2. The number of piperidine rings is 1. The summed E-state index contributed by atoms with van der Waals surface area (Å²) in [6, 6.07) is 0.225. The lowest BCUT2D eigenvalue weighted by Gasteiger charge is -2.42. The Morgan fingerprint density at radius 1 is 1.13 bits per heavy atom. The Morgan fingerprint density at radius 3 is 2.56 bits per heavy atom. The Hall–Kier alpha value is -3.47. The van der Waals surface area contributed by atoms with Crippen molar-refractivity contribution >= 4 is 17.5 Å². The van der Waals surface area contributed by atoms with Gasteiger partial charge < -0.3 is 30.1 Å². The SMILES string of the molecule is C=C(/N=C(\C=C\NC1CN(C(=O)C2CCC2)C1)C(C)CC)C(=O)NC[C@H](O)CN1CCC(=C\C)/C(=C\C=C\OCC(OCC)C(=C)CCCCC)C1. The van der Waals surface area contributed by atoms with E-state index in [4.69, 9.17) is 9.47 Å². The summed E-state index contributed by atoms with van der Waals surface area (Å²) in [7, 11) is 0. The molecule has 0 radical (unpaired) electrons. The monoisotopic (exact) mass is 722 g/mol. The second kappa shape index (κ2) is 23.2. The molecule has 52 heavy (non-hydrogen) atoms. The zero-order valence-corrected chi connectivity index (χ0v) is 32.7. The van der Waals surface area contributed by atoms with Crippen molar-refractivity contribution in [3.63, 3.8) is 0 Å². The van der Waals surface area contributed by atoms with Gasteiger partial charge in [0.15, 0.2) is 0 Å². The first-order valence-electron chi connectivity index (χ1n) is 19.7. The number of aliphatic hydroxyl groups is 1. The zero-order valence-electron chi connectivity index (χ0n) is 32.7. The number of hydrogen-bond donors (Lipinski definition) is 3. The first-order valence-corrected chi connectivity index (χ1v) is 19.7. The van der Waals surface area contributed by atoms with E-state index in [0.717, 1.165) is 75.9 Å². The van der Waals surface area contributed by atoms with Gasteiger partial charge in [0.2, 0.25) is 5.91 Å². The Labute approximate surface area is 313 Å². The van der Waals surface area contributed by atoms with Crippen LogP contribution in [0.4, 0.5) is 0 Å². The molecule has 1 aliphatic carbocycles. The Bertz CT molecular complexity index is 1320. The van der Waals surface area contributed by atoms with Gasteiger partial charge in [0.1, 0.15) is 18.4 Å². The number of β-amino-alcohol motifs (C(OH)–C–C–N with tert-alkyl or cyclic N) is 1. The fourth-order valence-electron chi connectivity index (χ4n) is 6.46. The number of likely N-dealkylation sites (tertiary alicyclic amines) is 2. The highest BCUT2D eigenvalue weighted by molar-refractivity contribution is 6.02. The highest BCUT2D eigenvalue weighted by Gasteiger charge is 2.36. The van der Waals surface area contributed by atoms with E-state index in [-0.39, 0.29) is 36.2 Å². The van der Waals surface area contributed by atoms with Gasteiger partial charge in [-0.2, -0.15) is 0 Å². The number of carbonyl (C=O) groups excluding carboxylic acids is 2. The Balaban J connectivity index is 1.43. The second-order valence-electron chi connectivity index (χ2n) is 14.4. The minimum Gasteiger partial charge on any atom is -0.498 e. The molecule has 0 bridgehead atoms. The molecule has 290 valence electrons. The number of hydrogen-bond acceptors (Lipinski definition) is 8. The average Bonchev–Trinajstić information content (AvgIpc) is 3.09. The van der Waals surface area contributed by atoms with E-state index in [1.165, 1.54) is 24.0 Å². The van der Waals surface area contributed by atoms with Gasteiger partial charge in [-0.3, -0.25) is 14.5 Å². The van der Waals surface area contributed by atoms with Crippen molar-refractivity contribution in [3.8, 4) is 0 Å². The third-order valence-corrected chi connectivity index (χ3v) is 10.3. The van der Waals surface area contributed by atoms with E-state index >= 15 is 0 Å². The maximum Gasteiger partial charge on any atom is 0.269 e. The lowest BCUT2D eigenvalue weighted by atomic mass is 9.83. The highest BCUT2D eigenvalue weighted by atomic mass is 16.5. The van der Waals surface area contributed by atoms with Crippen molar-refractivity contribution in [1.29, 1.82) is 0 Å². The van der Waals surface area contributed by atoms with Crippen LogP contribution >= 0.6 is 0 Å². The lowest BCUT2D eigenvalue weighted by Crippen LogP contribution is -2.60. The standard InChI is InChI=1S/C42H67N5O5/c1-8-12-13-16-32(6)40(52-11-4)30-51-24-15-19-36-26-46(23-21-34(36)10-3)29-38(48)25-44-41(49)33(7)45-39(31(5)9-2)20-22-43-37-27-47(28-37)42(50)35-17-14-18-35/h10,15,19-20,22,24,31,35,37-38,40,43,48H,6-9,11-14,16-18,21,23,25-30H2,1-5H3,(H,44,49)/b22-20+,24-15+,34-10+,36-19-,45-39+/t31?,38-,40?/m0/s1. The lowest BCUT2D eigenvalue weighted by molar-refractivity contribution is -0.143. The van der Waals surface area contributed by atoms with Gasteiger partial charge in [-0.1, -0.05) is 65.3 Å². The van der Waals surface area contributed by atoms with Crippen molar-refractivity contribution in [3.05, 3.63) is 72.3 Å². The number of aliphatic imine (C=N–C) groups is 1. The number of ether oxygens (including phenoxy) is 2. The number of nitrogens with one attached hydrogen (secondary N) is 2. The molecule has 2 heterocycles. The number of allylic oxidation sites excluding steroid dienone is 4. The number of nitrogens with zero attached hydrogens (tertiary/aromatic N) is 3. The van der Waals surface area contributed by atoms with Crippen LogP contribution < -0.4 is 10.6 Å². The van der Waals surface area contributed by atoms with Crippen LogP contribution in [0.3, 0.4) is 0 Å². The van der Waals surface area contributed by atoms with Gasteiger partial charge in [0.05, 0.1) is 18.4 Å². The van der Waals surface area contributed by atoms with Crippen molar-refractivity contribution in [2.75, 3.05) is 52.5 Å². The largest absolute Gasteiger partial charge is 0.498 e. The molecule has 3 atom stereocenters. The summed E-state index contributed by atoms with van der Waals surface area (Å²) in [5.41, 5.74) is 4.40. The third-order valence-electron chi connectivity index (χ3n) is 10.3. The molecule has 3 rings (SSSR count). The third kappa shape index (κ3) is 14.2. The molecule has 0 aromatic rings. The summed E-state index contributed by atoms with van der Waals surface area (Å²) in [6.45, 7) is 23.1. The van der Waals surface area contributed by atoms with Gasteiger partial charge in [0.25, 0.3) is 5.91 Å². The van der Waals surface area contributed by atoms with Gasteiger partial charge >= 0.3 is 0 Å². The molecule has 0 spiro atoms. The quantitative estimate of drug-likeness (QED) is 0.0377. The minimum atomic E-state index is -0.745. The van der Waals surface area contributed by atoms with Crippen LogP contribution in [0.5, 0.6) is 0 Å². The zero-order chi connectivity index (χ0) is 37.9. The molecule has 0 aromatic heterocycles. The molecule has 3 N–H and O–H groups in total. The normalized spacial score (nSPS) is 20.9. The summed E-state index contributed by atoms with van der Waals surface area (Å²) in [4.78, 5) is 34.0. The smallest absolute Gasteiger partial charge is 0.269 e. The maximum absolute atomic E-state index is 12.9. The molecular formula is C42H67N5O5. The molecule has 10 heteroatoms. The summed E-state index contributed by atoms with van der Waals surface area (Å²) in [5.74, 6) is 0.251. The van der Waals surface area contributed by atoms with Gasteiger partial charge in [-0.05, 0) is 93.4 Å². The van der Waals surface area contributed by atoms with Crippen LogP contribution in [0.15, 0.2) is 77.3 Å². The molecule has 2 saturated heterocycles. The van der Waals surface area contributed by atoms with Crippen LogP contribution in [-0.2, 0) is 19.1 Å². The topological polar surface area (TPSA) is 116 Å². The van der Waals surface area contributed by atoms with Crippen LogP contribution in [0.1, 0.15) is 92.4 Å². The molecule has 2 unspecified atom stereocenters. The molecule has 3 aliphatic rings. The molecule has 1 saturated carbocycles. The van der Waals surface area contributed by atoms with E-state index < -0.39 is 12.0 Å². The van der Waals surface area contributed by atoms with Crippen molar-refractivity contribution in [2.45, 2.75) is 111 Å². The summed E-state index contributed by atoms with van der Waals surface area (Å²) >= 11 is 0.